The fraction of sp³-hybridized carbons (Fsp3) is 0.211. The fourth-order valence-electron chi connectivity index (χ4n) is 3.19. The lowest BCUT2D eigenvalue weighted by atomic mass is 10.1. The Morgan fingerprint density at radius 1 is 1.24 bits per heavy atom. The number of hydrogen-bond donors (Lipinski definition) is 2. The van der Waals surface area contributed by atoms with Crippen LogP contribution in [0.2, 0.25) is 0 Å². The Balaban J connectivity index is 1.99. The van der Waals surface area contributed by atoms with Crippen LogP contribution in [0.3, 0.4) is 0 Å². The van der Waals surface area contributed by atoms with Crippen molar-refractivity contribution < 1.29 is 27.8 Å². The predicted molar refractivity (Wildman–Crippen MR) is 96.1 cm³/mol. The summed E-state index contributed by atoms with van der Waals surface area (Å²) >= 11 is 0. The van der Waals surface area contributed by atoms with Crippen molar-refractivity contribution in [3.63, 3.8) is 0 Å². The second-order valence-corrected chi connectivity index (χ2v) is 6.52. The summed E-state index contributed by atoms with van der Waals surface area (Å²) in [5.74, 6) is -4.78. The molecule has 1 unspecified atom stereocenters. The molecule has 1 aliphatic heterocycles. The molecule has 1 aliphatic rings. The zero-order chi connectivity index (χ0) is 20.7. The molecular weight excluding hydrogens is 391 g/mol. The number of ether oxygens (including phenoxy) is 1. The Labute approximate surface area is 161 Å². The molecule has 0 saturated carbocycles. The average molecular weight is 405 g/mol. The molecule has 2 N–H and O–H groups in total. The summed E-state index contributed by atoms with van der Waals surface area (Å²) in [7, 11) is 0. The molecule has 3 aromatic rings. The molecule has 1 saturated heterocycles. The summed E-state index contributed by atoms with van der Waals surface area (Å²) in [6, 6.07) is 3.44. The number of benzene rings is 1. The van der Waals surface area contributed by atoms with Crippen LogP contribution in [0.15, 0.2) is 35.3 Å². The van der Waals surface area contributed by atoms with E-state index in [-0.39, 0.29) is 22.8 Å². The third-order valence-corrected chi connectivity index (χ3v) is 4.59. The fourth-order valence-corrected chi connectivity index (χ4v) is 3.19. The van der Waals surface area contributed by atoms with Crippen LogP contribution in [0.25, 0.3) is 16.7 Å². The van der Waals surface area contributed by atoms with Gasteiger partial charge in [0.15, 0.2) is 11.5 Å². The molecule has 1 aromatic carbocycles. The minimum atomic E-state index is -1.58. The summed E-state index contributed by atoms with van der Waals surface area (Å²) in [6.07, 6.45) is 1.15. The van der Waals surface area contributed by atoms with Gasteiger partial charge in [-0.25, -0.2) is 18.0 Å². The van der Waals surface area contributed by atoms with E-state index in [1.165, 1.54) is 0 Å². The lowest BCUT2D eigenvalue weighted by Crippen LogP contribution is -2.22. The van der Waals surface area contributed by atoms with Crippen molar-refractivity contribution in [2.75, 3.05) is 13.1 Å². The molecule has 7 nitrogen and oxygen atoms in total. The largest absolute Gasteiger partial charge is 0.477 e. The quantitative estimate of drug-likeness (QED) is 0.692. The highest BCUT2D eigenvalue weighted by Crippen LogP contribution is 2.25. The maximum atomic E-state index is 14.5. The van der Waals surface area contributed by atoms with Crippen LogP contribution >= 0.6 is 0 Å². The Morgan fingerprint density at radius 3 is 2.69 bits per heavy atom. The highest BCUT2D eigenvalue weighted by Gasteiger charge is 2.23. The minimum absolute atomic E-state index is 0.215. The number of nitrogens with one attached hydrogen (secondary N) is 1. The monoisotopic (exact) mass is 405 g/mol. The van der Waals surface area contributed by atoms with E-state index in [2.05, 4.69) is 10.3 Å². The third-order valence-electron chi connectivity index (χ3n) is 4.59. The van der Waals surface area contributed by atoms with Crippen LogP contribution in [0.1, 0.15) is 16.8 Å². The molecule has 0 aliphatic carbocycles. The van der Waals surface area contributed by atoms with Crippen molar-refractivity contribution in [3.05, 3.63) is 63.7 Å². The van der Waals surface area contributed by atoms with Gasteiger partial charge in [0.1, 0.15) is 23.3 Å². The van der Waals surface area contributed by atoms with E-state index in [0.717, 1.165) is 29.0 Å². The lowest BCUT2D eigenvalue weighted by Gasteiger charge is -2.16. The second-order valence-electron chi connectivity index (χ2n) is 6.52. The number of carboxylic acid groups (broad SMARTS) is 1. The number of hydrogen-bond acceptors (Lipinski definition) is 5. The molecule has 1 atom stereocenters. The summed E-state index contributed by atoms with van der Waals surface area (Å²) in [4.78, 5) is 28.0. The maximum absolute atomic E-state index is 14.5. The molecule has 10 heteroatoms. The molecule has 2 aromatic heterocycles. The number of rotatable bonds is 4. The molecule has 3 heterocycles. The number of aromatic carboxylic acids is 1. The van der Waals surface area contributed by atoms with Crippen molar-refractivity contribution in [2.24, 2.45) is 0 Å². The van der Waals surface area contributed by atoms with Gasteiger partial charge < -0.3 is 15.2 Å². The number of aromatic nitrogens is 2. The van der Waals surface area contributed by atoms with Crippen LogP contribution in [0.5, 0.6) is 5.88 Å². The first kappa shape index (κ1) is 18.9. The molecule has 0 spiro atoms. The minimum Gasteiger partial charge on any atom is -0.477 e. The van der Waals surface area contributed by atoms with Gasteiger partial charge >= 0.3 is 5.97 Å². The van der Waals surface area contributed by atoms with Gasteiger partial charge in [-0.05, 0) is 31.2 Å². The smallest absolute Gasteiger partial charge is 0.341 e. The molecular formula is C19H14F3N3O4. The van der Waals surface area contributed by atoms with Crippen LogP contribution in [-0.4, -0.2) is 39.8 Å². The Bertz CT molecular complexity index is 1190. The topological polar surface area (TPSA) is 93.4 Å². The van der Waals surface area contributed by atoms with E-state index in [1.807, 2.05) is 0 Å². The van der Waals surface area contributed by atoms with Gasteiger partial charge in [-0.1, -0.05) is 0 Å². The third kappa shape index (κ3) is 3.42. The van der Waals surface area contributed by atoms with E-state index in [1.54, 1.807) is 0 Å². The van der Waals surface area contributed by atoms with E-state index in [0.29, 0.717) is 25.6 Å². The van der Waals surface area contributed by atoms with E-state index in [4.69, 9.17) is 4.74 Å². The maximum Gasteiger partial charge on any atom is 0.341 e. The normalized spacial score (nSPS) is 16.3. The van der Waals surface area contributed by atoms with Gasteiger partial charge in [-0.2, -0.15) is 4.98 Å². The van der Waals surface area contributed by atoms with Crippen molar-refractivity contribution >= 4 is 17.0 Å². The van der Waals surface area contributed by atoms with Gasteiger partial charge in [0.2, 0.25) is 5.43 Å². The highest BCUT2D eigenvalue weighted by atomic mass is 19.1. The SMILES string of the molecule is O=C(O)c1cn(-c2ccc(F)cc2F)c2nc(OC3CCNC3)c(F)cc2c1=O. The summed E-state index contributed by atoms with van der Waals surface area (Å²) in [5, 5.41) is 12.0. The number of carbonyl (C=O) groups is 1. The summed E-state index contributed by atoms with van der Waals surface area (Å²) < 4.78 is 48.7. The standard InChI is InChI=1S/C19H14F3N3O4/c20-9-1-2-15(13(21)5-9)25-8-12(19(27)28)16(26)11-6-14(22)18(24-17(11)25)29-10-3-4-23-7-10/h1-2,5-6,8,10,23H,3-4,7H2,(H,27,28). The lowest BCUT2D eigenvalue weighted by molar-refractivity contribution is 0.0695. The van der Waals surface area contributed by atoms with Gasteiger partial charge in [-0.3, -0.25) is 9.36 Å². The van der Waals surface area contributed by atoms with E-state index < -0.39 is 40.3 Å². The second kappa shape index (κ2) is 7.21. The molecule has 0 amide bonds. The van der Waals surface area contributed by atoms with Gasteiger partial charge in [0, 0.05) is 18.8 Å². The van der Waals surface area contributed by atoms with Gasteiger partial charge in [0.05, 0.1) is 11.1 Å². The van der Waals surface area contributed by atoms with Crippen LogP contribution in [-0.2, 0) is 0 Å². The molecule has 0 bridgehead atoms. The predicted octanol–water partition coefficient (Wildman–Crippen LogP) is 2.24. The van der Waals surface area contributed by atoms with Crippen molar-refractivity contribution in [2.45, 2.75) is 12.5 Å². The first-order valence-electron chi connectivity index (χ1n) is 8.67. The zero-order valence-electron chi connectivity index (χ0n) is 14.8. The number of pyridine rings is 2. The first-order valence-corrected chi connectivity index (χ1v) is 8.67. The van der Waals surface area contributed by atoms with Crippen LogP contribution < -0.4 is 15.5 Å². The highest BCUT2D eigenvalue weighted by molar-refractivity contribution is 5.92. The molecule has 29 heavy (non-hydrogen) atoms. The molecule has 4 rings (SSSR count). The molecule has 1 fully saturated rings. The molecule has 150 valence electrons. The van der Waals surface area contributed by atoms with E-state index in [9.17, 15) is 27.9 Å². The molecule has 0 radical (unpaired) electrons. The van der Waals surface area contributed by atoms with Crippen LogP contribution in [0, 0.1) is 17.5 Å². The van der Waals surface area contributed by atoms with Gasteiger partial charge in [-0.15, -0.1) is 0 Å². The van der Waals surface area contributed by atoms with Crippen molar-refractivity contribution in [1.82, 2.24) is 14.9 Å². The van der Waals surface area contributed by atoms with Gasteiger partial charge in [0.25, 0.3) is 5.88 Å². The summed E-state index contributed by atoms with van der Waals surface area (Å²) in [5.41, 5.74) is -2.16. The number of nitrogens with zero attached hydrogens (tertiary/aromatic N) is 2. The Hall–Kier alpha value is -3.40. The average Bonchev–Trinajstić information content (AvgIpc) is 3.17. The van der Waals surface area contributed by atoms with Crippen LogP contribution in [0.4, 0.5) is 13.2 Å². The Morgan fingerprint density at radius 2 is 2.03 bits per heavy atom. The zero-order valence-corrected chi connectivity index (χ0v) is 14.8. The Kier molecular flexibility index (Phi) is 4.71. The number of halogens is 3. The number of fused-ring (bicyclic) bond motifs is 1. The van der Waals surface area contributed by atoms with Crippen molar-refractivity contribution in [1.29, 1.82) is 0 Å². The first-order chi connectivity index (χ1) is 13.8. The number of carboxylic acids is 1. The van der Waals surface area contributed by atoms with Crippen molar-refractivity contribution in [3.8, 4) is 11.6 Å². The van der Waals surface area contributed by atoms with E-state index >= 15 is 0 Å². The summed E-state index contributed by atoms with van der Waals surface area (Å²) in [6.45, 7) is 1.17.